The maximum Gasteiger partial charge on any atom is 0.320 e. The van der Waals surface area contributed by atoms with E-state index in [0.717, 1.165) is 25.9 Å². The molecule has 0 amide bonds. The number of ether oxygens (including phenoxy) is 1. The lowest BCUT2D eigenvalue weighted by Gasteiger charge is -2.26. The van der Waals surface area contributed by atoms with Crippen LogP contribution in [0.4, 0.5) is 0 Å². The summed E-state index contributed by atoms with van der Waals surface area (Å²) in [4.78, 5) is 14.5. The molecule has 1 heterocycles. The number of hydrogen-bond donors (Lipinski definition) is 0. The van der Waals surface area contributed by atoms with Crippen molar-refractivity contribution in [2.75, 3.05) is 19.6 Å². The Kier molecular flexibility index (Phi) is 8.92. The standard InChI is InChI=1S/C19H35NO2/c21-19(17-20-15-11-8-12-16-20)22-18-13-9-6-4-2-1-3-5-7-10-14-18/h18H,1-17H2. The van der Waals surface area contributed by atoms with E-state index in [4.69, 9.17) is 4.74 Å². The van der Waals surface area contributed by atoms with Crippen molar-refractivity contribution in [3.63, 3.8) is 0 Å². The number of likely N-dealkylation sites (tertiary alicyclic amines) is 1. The summed E-state index contributed by atoms with van der Waals surface area (Å²) in [7, 11) is 0. The van der Waals surface area contributed by atoms with E-state index in [2.05, 4.69) is 4.90 Å². The molecule has 0 atom stereocenters. The first-order valence-electron chi connectivity index (χ1n) is 9.76. The Bertz CT molecular complexity index is 288. The molecule has 1 aliphatic heterocycles. The van der Waals surface area contributed by atoms with Crippen LogP contribution in [0.5, 0.6) is 0 Å². The number of esters is 1. The Morgan fingerprint density at radius 1 is 0.727 bits per heavy atom. The minimum absolute atomic E-state index is 0.0130. The van der Waals surface area contributed by atoms with Crippen LogP contribution < -0.4 is 0 Å². The van der Waals surface area contributed by atoms with Gasteiger partial charge in [0, 0.05) is 0 Å². The van der Waals surface area contributed by atoms with E-state index in [1.165, 1.54) is 77.0 Å². The molecule has 0 aromatic rings. The van der Waals surface area contributed by atoms with E-state index in [0.29, 0.717) is 6.54 Å². The summed E-state index contributed by atoms with van der Waals surface area (Å²) in [5, 5.41) is 0. The van der Waals surface area contributed by atoms with Crippen LogP contribution in [-0.2, 0) is 9.53 Å². The Hall–Kier alpha value is -0.570. The van der Waals surface area contributed by atoms with Gasteiger partial charge >= 0.3 is 5.97 Å². The first kappa shape index (κ1) is 17.8. The molecule has 0 aromatic heterocycles. The van der Waals surface area contributed by atoms with Crippen LogP contribution in [0, 0.1) is 0 Å². The van der Waals surface area contributed by atoms with Crippen molar-refractivity contribution in [1.82, 2.24) is 4.90 Å². The summed E-state index contributed by atoms with van der Waals surface area (Å²) >= 11 is 0. The molecule has 0 radical (unpaired) electrons. The first-order valence-corrected chi connectivity index (χ1v) is 9.76. The Balaban J connectivity index is 1.70. The molecule has 0 N–H and O–H groups in total. The lowest BCUT2D eigenvalue weighted by molar-refractivity contribution is -0.151. The molecule has 0 bridgehead atoms. The van der Waals surface area contributed by atoms with Crippen molar-refractivity contribution in [3.05, 3.63) is 0 Å². The monoisotopic (exact) mass is 309 g/mol. The quantitative estimate of drug-likeness (QED) is 0.708. The van der Waals surface area contributed by atoms with Gasteiger partial charge in [-0.05, 0) is 51.6 Å². The third-order valence-corrected chi connectivity index (χ3v) is 5.15. The first-order chi connectivity index (χ1) is 10.8. The SMILES string of the molecule is O=C(CN1CCCCC1)OC1CCCCCCCCCCC1. The smallest absolute Gasteiger partial charge is 0.320 e. The summed E-state index contributed by atoms with van der Waals surface area (Å²) in [6.07, 6.45) is 18.1. The van der Waals surface area contributed by atoms with Crippen molar-refractivity contribution >= 4 is 5.97 Å². The molecule has 3 nitrogen and oxygen atoms in total. The van der Waals surface area contributed by atoms with E-state index in [-0.39, 0.29) is 12.1 Å². The zero-order valence-electron chi connectivity index (χ0n) is 14.4. The summed E-state index contributed by atoms with van der Waals surface area (Å²) in [6.45, 7) is 2.65. The second kappa shape index (κ2) is 11.0. The zero-order valence-corrected chi connectivity index (χ0v) is 14.4. The van der Waals surface area contributed by atoms with E-state index in [1.54, 1.807) is 0 Å². The van der Waals surface area contributed by atoms with Gasteiger partial charge in [0.25, 0.3) is 0 Å². The van der Waals surface area contributed by atoms with Crippen molar-refractivity contribution in [1.29, 1.82) is 0 Å². The zero-order chi connectivity index (χ0) is 15.5. The minimum Gasteiger partial charge on any atom is -0.461 e. The second-order valence-electron chi connectivity index (χ2n) is 7.21. The van der Waals surface area contributed by atoms with Gasteiger partial charge in [0.05, 0.1) is 6.54 Å². The molecular weight excluding hydrogens is 274 g/mol. The molecular formula is C19H35NO2. The van der Waals surface area contributed by atoms with Crippen molar-refractivity contribution in [2.45, 2.75) is 96.0 Å². The summed E-state index contributed by atoms with van der Waals surface area (Å²) < 4.78 is 5.82. The highest BCUT2D eigenvalue weighted by Gasteiger charge is 2.18. The fourth-order valence-corrected chi connectivity index (χ4v) is 3.77. The lowest BCUT2D eigenvalue weighted by atomic mass is 9.99. The van der Waals surface area contributed by atoms with Crippen molar-refractivity contribution < 1.29 is 9.53 Å². The Morgan fingerprint density at radius 3 is 1.73 bits per heavy atom. The normalized spacial score (nSPS) is 24.2. The third kappa shape index (κ3) is 7.62. The van der Waals surface area contributed by atoms with Gasteiger partial charge in [0.15, 0.2) is 0 Å². The van der Waals surface area contributed by atoms with Crippen LogP contribution in [-0.4, -0.2) is 36.6 Å². The predicted octanol–water partition coefficient (Wildman–Crippen LogP) is 4.69. The van der Waals surface area contributed by atoms with E-state index in [9.17, 15) is 4.79 Å². The number of carbonyl (C=O) groups excluding carboxylic acids is 1. The molecule has 1 aliphatic carbocycles. The summed E-state index contributed by atoms with van der Waals surface area (Å²) in [5.41, 5.74) is 0. The maximum absolute atomic E-state index is 12.2. The largest absolute Gasteiger partial charge is 0.461 e. The Morgan fingerprint density at radius 2 is 1.18 bits per heavy atom. The highest BCUT2D eigenvalue weighted by atomic mass is 16.5. The van der Waals surface area contributed by atoms with Gasteiger partial charge < -0.3 is 4.74 Å². The molecule has 0 aromatic carbocycles. The van der Waals surface area contributed by atoms with Crippen molar-refractivity contribution in [2.24, 2.45) is 0 Å². The number of carbonyl (C=O) groups is 1. The average Bonchev–Trinajstić information content (AvgIpc) is 2.51. The summed E-state index contributed by atoms with van der Waals surface area (Å²) in [5.74, 6) is 0.0130. The number of nitrogens with zero attached hydrogens (tertiary/aromatic N) is 1. The highest BCUT2D eigenvalue weighted by molar-refractivity contribution is 5.71. The molecule has 22 heavy (non-hydrogen) atoms. The number of hydrogen-bond acceptors (Lipinski definition) is 3. The number of rotatable bonds is 3. The van der Waals surface area contributed by atoms with Gasteiger partial charge in [0.2, 0.25) is 0 Å². The lowest BCUT2D eigenvalue weighted by Crippen LogP contribution is -2.36. The average molecular weight is 309 g/mol. The van der Waals surface area contributed by atoms with Crippen LogP contribution in [0.1, 0.15) is 89.9 Å². The van der Waals surface area contributed by atoms with Gasteiger partial charge in [-0.25, -0.2) is 0 Å². The van der Waals surface area contributed by atoms with Crippen molar-refractivity contribution in [3.8, 4) is 0 Å². The molecule has 3 heteroatoms. The van der Waals surface area contributed by atoms with Crippen LogP contribution in [0.3, 0.4) is 0 Å². The van der Waals surface area contributed by atoms with Crippen LogP contribution >= 0.6 is 0 Å². The highest BCUT2D eigenvalue weighted by Crippen LogP contribution is 2.19. The molecule has 0 unspecified atom stereocenters. The van der Waals surface area contributed by atoms with Gasteiger partial charge in [-0.3, -0.25) is 9.69 Å². The summed E-state index contributed by atoms with van der Waals surface area (Å²) in [6, 6.07) is 0. The number of piperidine rings is 1. The van der Waals surface area contributed by atoms with Gasteiger partial charge in [-0.2, -0.15) is 0 Å². The third-order valence-electron chi connectivity index (χ3n) is 5.15. The molecule has 0 spiro atoms. The second-order valence-corrected chi connectivity index (χ2v) is 7.21. The van der Waals surface area contributed by atoms with Crippen LogP contribution in [0.25, 0.3) is 0 Å². The molecule has 2 aliphatic rings. The molecule has 1 saturated carbocycles. The van der Waals surface area contributed by atoms with Crippen LogP contribution in [0.2, 0.25) is 0 Å². The fourth-order valence-electron chi connectivity index (χ4n) is 3.77. The van der Waals surface area contributed by atoms with Gasteiger partial charge in [-0.1, -0.05) is 51.4 Å². The Labute approximate surface area is 136 Å². The van der Waals surface area contributed by atoms with Crippen LogP contribution in [0.15, 0.2) is 0 Å². The van der Waals surface area contributed by atoms with E-state index in [1.807, 2.05) is 0 Å². The minimum atomic E-state index is 0.0130. The topological polar surface area (TPSA) is 29.5 Å². The molecule has 2 rings (SSSR count). The maximum atomic E-state index is 12.2. The molecule has 128 valence electrons. The van der Waals surface area contributed by atoms with E-state index < -0.39 is 0 Å². The van der Waals surface area contributed by atoms with Gasteiger partial charge in [0.1, 0.15) is 6.10 Å². The predicted molar refractivity (Wildman–Crippen MR) is 91.0 cm³/mol. The molecule has 1 saturated heterocycles. The molecule has 2 fully saturated rings. The van der Waals surface area contributed by atoms with Gasteiger partial charge in [-0.15, -0.1) is 0 Å². The van der Waals surface area contributed by atoms with E-state index >= 15 is 0 Å². The fraction of sp³-hybridized carbons (Fsp3) is 0.947.